The van der Waals surface area contributed by atoms with E-state index in [0.717, 1.165) is 39.3 Å². The van der Waals surface area contributed by atoms with Crippen LogP contribution in [0.3, 0.4) is 0 Å². The van der Waals surface area contributed by atoms with Crippen molar-refractivity contribution >= 4 is 27.2 Å². The van der Waals surface area contributed by atoms with Crippen molar-refractivity contribution in [2.24, 2.45) is 5.92 Å². The molecule has 1 atom stereocenters. The van der Waals surface area contributed by atoms with Gasteiger partial charge in [-0.2, -0.15) is 0 Å². The standard InChI is InChI=1S/C15H22BrN5O2/c1-10(2)7-11(9-20-3-5-23-6-4-20)21-14-13(19-15(21)22)17-8-12(16)18-14/h8,10-11H,3-7,9H2,1-2H3,(H,17,19,22). The minimum atomic E-state index is -0.142. The van der Waals surface area contributed by atoms with E-state index in [9.17, 15) is 4.79 Å². The molecule has 0 bridgehead atoms. The van der Waals surface area contributed by atoms with Crippen LogP contribution in [0.25, 0.3) is 11.3 Å². The Balaban J connectivity index is 1.96. The molecule has 1 aliphatic heterocycles. The number of halogens is 1. The van der Waals surface area contributed by atoms with Crippen molar-refractivity contribution in [3.8, 4) is 0 Å². The molecule has 1 fully saturated rings. The first kappa shape index (κ1) is 16.6. The van der Waals surface area contributed by atoms with Crippen molar-refractivity contribution in [3.63, 3.8) is 0 Å². The monoisotopic (exact) mass is 383 g/mol. The van der Waals surface area contributed by atoms with Crippen LogP contribution in [0.5, 0.6) is 0 Å². The number of nitrogens with one attached hydrogen (secondary N) is 1. The van der Waals surface area contributed by atoms with Crippen molar-refractivity contribution in [3.05, 3.63) is 21.3 Å². The van der Waals surface area contributed by atoms with E-state index < -0.39 is 0 Å². The van der Waals surface area contributed by atoms with Gasteiger partial charge in [0.15, 0.2) is 11.3 Å². The summed E-state index contributed by atoms with van der Waals surface area (Å²) >= 11 is 3.34. The number of imidazole rings is 1. The van der Waals surface area contributed by atoms with E-state index >= 15 is 0 Å². The molecule has 0 spiro atoms. The van der Waals surface area contributed by atoms with E-state index in [0.29, 0.717) is 21.8 Å². The summed E-state index contributed by atoms with van der Waals surface area (Å²) in [5.74, 6) is 0.484. The number of rotatable bonds is 5. The van der Waals surface area contributed by atoms with E-state index in [4.69, 9.17) is 4.74 Å². The summed E-state index contributed by atoms with van der Waals surface area (Å²) < 4.78 is 7.82. The van der Waals surface area contributed by atoms with E-state index in [1.54, 1.807) is 10.8 Å². The van der Waals surface area contributed by atoms with Gasteiger partial charge in [-0.3, -0.25) is 14.5 Å². The molecule has 2 aromatic heterocycles. The molecular weight excluding hydrogens is 362 g/mol. The zero-order valence-corrected chi connectivity index (χ0v) is 15.0. The van der Waals surface area contributed by atoms with Gasteiger partial charge in [0.1, 0.15) is 4.60 Å². The summed E-state index contributed by atoms with van der Waals surface area (Å²) in [6, 6.07) is 0.0675. The van der Waals surface area contributed by atoms with Gasteiger partial charge >= 0.3 is 5.69 Å². The van der Waals surface area contributed by atoms with Gasteiger partial charge in [0.05, 0.1) is 25.5 Å². The van der Waals surface area contributed by atoms with Crippen LogP contribution in [0.15, 0.2) is 15.6 Å². The van der Waals surface area contributed by atoms with Crippen LogP contribution in [-0.2, 0) is 4.74 Å². The Labute approximate surface area is 143 Å². The SMILES string of the molecule is CC(C)CC(CN1CCOCC1)n1c(=O)[nH]c2ncc(Br)nc21. The number of fused-ring (bicyclic) bond motifs is 1. The van der Waals surface area contributed by atoms with Crippen molar-refractivity contribution in [1.82, 2.24) is 24.4 Å². The van der Waals surface area contributed by atoms with E-state index in [1.165, 1.54) is 0 Å². The first-order chi connectivity index (χ1) is 11.0. The van der Waals surface area contributed by atoms with Crippen LogP contribution in [0.4, 0.5) is 0 Å². The molecule has 1 N–H and O–H groups in total. The second-order valence-electron chi connectivity index (χ2n) is 6.36. The number of hydrogen-bond acceptors (Lipinski definition) is 5. The predicted molar refractivity (Wildman–Crippen MR) is 91.6 cm³/mol. The molecule has 0 radical (unpaired) electrons. The molecule has 0 aromatic carbocycles. The van der Waals surface area contributed by atoms with Gasteiger partial charge in [0, 0.05) is 19.6 Å². The fraction of sp³-hybridized carbons (Fsp3) is 0.667. The normalized spacial score (nSPS) is 17.9. The first-order valence-electron chi connectivity index (χ1n) is 7.97. The number of hydrogen-bond donors (Lipinski definition) is 1. The van der Waals surface area contributed by atoms with Crippen LogP contribution in [0, 0.1) is 5.92 Å². The smallest absolute Gasteiger partial charge is 0.329 e. The molecule has 7 nitrogen and oxygen atoms in total. The summed E-state index contributed by atoms with van der Waals surface area (Å²) in [6.07, 6.45) is 2.51. The third-order valence-corrected chi connectivity index (χ3v) is 4.46. The summed E-state index contributed by atoms with van der Waals surface area (Å²) in [5, 5.41) is 0. The highest BCUT2D eigenvalue weighted by atomic mass is 79.9. The molecule has 0 saturated carbocycles. The lowest BCUT2D eigenvalue weighted by atomic mass is 10.0. The number of morpholine rings is 1. The molecule has 1 saturated heterocycles. The Kier molecular flexibility index (Phi) is 5.13. The van der Waals surface area contributed by atoms with Crippen LogP contribution < -0.4 is 5.69 Å². The maximum absolute atomic E-state index is 12.5. The Hall–Kier alpha value is -1.25. The van der Waals surface area contributed by atoms with Gasteiger partial charge in [-0.1, -0.05) is 13.8 Å². The number of aromatic amines is 1. The van der Waals surface area contributed by atoms with E-state index in [1.807, 2.05) is 0 Å². The van der Waals surface area contributed by atoms with Crippen molar-refractivity contribution in [2.45, 2.75) is 26.3 Å². The molecular formula is C15H22BrN5O2. The van der Waals surface area contributed by atoms with E-state index in [2.05, 4.69) is 49.6 Å². The fourth-order valence-electron chi connectivity index (χ4n) is 3.10. The van der Waals surface area contributed by atoms with Gasteiger partial charge in [0.25, 0.3) is 0 Å². The van der Waals surface area contributed by atoms with Crippen LogP contribution in [-0.4, -0.2) is 57.3 Å². The summed E-state index contributed by atoms with van der Waals surface area (Å²) in [6.45, 7) is 8.48. The molecule has 126 valence electrons. The van der Waals surface area contributed by atoms with Crippen molar-refractivity contribution < 1.29 is 4.74 Å². The Morgan fingerprint density at radius 2 is 2.13 bits per heavy atom. The Morgan fingerprint density at radius 1 is 1.39 bits per heavy atom. The quantitative estimate of drug-likeness (QED) is 0.851. The molecule has 3 heterocycles. The second-order valence-corrected chi connectivity index (χ2v) is 7.17. The largest absolute Gasteiger partial charge is 0.379 e. The van der Waals surface area contributed by atoms with Gasteiger partial charge in [0.2, 0.25) is 0 Å². The third kappa shape index (κ3) is 3.81. The topological polar surface area (TPSA) is 76.0 Å². The number of ether oxygens (including phenoxy) is 1. The lowest BCUT2D eigenvalue weighted by Crippen LogP contribution is -2.41. The van der Waals surface area contributed by atoms with E-state index in [-0.39, 0.29) is 11.7 Å². The minimum absolute atomic E-state index is 0.0675. The van der Waals surface area contributed by atoms with Gasteiger partial charge in [-0.05, 0) is 28.3 Å². The Morgan fingerprint density at radius 3 is 2.83 bits per heavy atom. The van der Waals surface area contributed by atoms with Gasteiger partial charge in [-0.25, -0.2) is 14.8 Å². The summed E-state index contributed by atoms with van der Waals surface area (Å²) in [5.41, 5.74) is 1.01. The maximum Gasteiger partial charge on any atom is 0.329 e. The predicted octanol–water partition coefficient (Wildman–Crippen LogP) is 1.80. The molecule has 8 heteroatoms. The number of nitrogens with zero attached hydrogens (tertiary/aromatic N) is 4. The summed E-state index contributed by atoms with van der Waals surface area (Å²) in [7, 11) is 0. The highest BCUT2D eigenvalue weighted by molar-refractivity contribution is 9.10. The maximum atomic E-state index is 12.5. The minimum Gasteiger partial charge on any atom is -0.379 e. The van der Waals surface area contributed by atoms with Gasteiger partial charge < -0.3 is 4.74 Å². The van der Waals surface area contributed by atoms with Gasteiger partial charge in [-0.15, -0.1) is 0 Å². The van der Waals surface area contributed by atoms with Crippen LogP contribution >= 0.6 is 15.9 Å². The van der Waals surface area contributed by atoms with Crippen molar-refractivity contribution in [2.75, 3.05) is 32.8 Å². The average molecular weight is 384 g/mol. The lowest BCUT2D eigenvalue weighted by molar-refractivity contribution is 0.0302. The summed E-state index contributed by atoms with van der Waals surface area (Å²) in [4.78, 5) is 26.4. The average Bonchev–Trinajstić information content (AvgIpc) is 2.82. The molecule has 0 amide bonds. The van der Waals surface area contributed by atoms with Crippen LogP contribution in [0.2, 0.25) is 0 Å². The molecule has 1 unspecified atom stereocenters. The first-order valence-corrected chi connectivity index (χ1v) is 8.76. The number of H-pyrrole nitrogens is 1. The lowest BCUT2D eigenvalue weighted by Gasteiger charge is -2.31. The fourth-order valence-corrected chi connectivity index (χ4v) is 3.37. The molecule has 0 aliphatic carbocycles. The third-order valence-electron chi connectivity index (χ3n) is 4.08. The highest BCUT2D eigenvalue weighted by Crippen LogP contribution is 2.22. The Bertz CT molecular complexity index is 720. The number of aromatic nitrogens is 4. The van der Waals surface area contributed by atoms with Crippen molar-refractivity contribution in [1.29, 1.82) is 0 Å². The molecule has 3 rings (SSSR count). The molecule has 23 heavy (non-hydrogen) atoms. The zero-order valence-electron chi connectivity index (χ0n) is 13.5. The second kappa shape index (κ2) is 7.11. The zero-order chi connectivity index (χ0) is 16.4. The van der Waals surface area contributed by atoms with Crippen LogP contribution in [0.1, 0.15) is 26.3 Å². The molecule has 2 aromatic rings. The molecule has 1 aliphatic rings. The highest BCUT2D eigenvalue weighted by Gasteiger charge is 2.23.